The molecule has 4 unspecified atom stereocenters. The summed E-state index contributed by atoms with van der Waals surface area (Å²) in [6, 6.07) is 5.68. The molecule has 0 saturated carbocycles. The van der Waals surface area contributed by atoms with E-state index in [0.717, 1.165) is 105 Å². The van der Waals surface area contributed by atoms with E-state index < -0.39 is 271 Å². The molecule has 15 rings (SSSR count). The van der Waals surface area contributed by atoms with Crippen molar-refractivity contribution >= 4 is 76.4 Å². The van der Waals surface area contributed by atoms with Gasteiger partial charge in [0.1, 0.15) is 131 Å². The van der Waals surface area contributed by atoms with E-state index in [2.05, 4.69) is 61.7 Å². The van der Waals surface area contributed by atoms with Crippen molar-refractivity contribution in [3.8, 4) is 80.1 Å². The van der Waals surface area contributed by atoms with Crippen molar-refractivity contribution in [1.29, 1.82) is 0 Å². The molecule has 2 fully saturated rings. The van der Waals surface area contributed by atoms with Gasteiger partial charge in [0, 0.05) is 48.2 Å². The van der Waals surface area contributed by atoms with Crippen molar-refractivity contribution in [2.24, 2.45) is 5.92 Å². The van der Waals surface area contributed by atoms with E-state index in [4.69, 9.17) is 56.4 Å². The van der Waals surface area contributed by atoms with Gasteiger partial charge in [-0.2, -0.15) is 0 Å². The van der Waals surface area contributed by atoms with E-state index in [0.29, 0.717) is 30.9 Å². The van der Waals surface area contributed by atoms with Crippen LogP contribution in [0.1, 0.15) is 147 Å². The highest BCUT2D eigenvalue weighted by atomic mass is 35.5. The lowest BCUT2D eigenvalue weighted by Crippen LogP contribution is -2.66. The maximum atomic E-state index is 16.8. The Kier molecular flexibility index (Phi) is 29.7. The minimum atomic E-state index is -2.45. The summed E-state index contributed by atoms with van der Waals surface area (Å²) in [6.45, 7) is 3.61. The molecule has 17 bridgehead atoms. The summed E-state index contributed by atoms with van der Waals surface area (Å²) in [4.78, 5) is 140. The summed E-state index contributed by atoms with van der Waals surface area (Å²) in [5.41, 5.74) is -2.68. The Labute approximate surface area is 742 Å². The van der Waals surface area contributed by atoms with Crippen LogP contribution < -0.4 is 71.5 Å². The number of benzene rings is 7. The summed E-state index contributed by atoms with van der Waals surface area (Å²) < 4.78 is 44.5. The number of hydrogen-bond acceptors (Lipinski definition) is 29. The van der Waals surface area contributed by atoms with Crippen LogP contribution in [-0.4, -0.2) is 234 Å². The number of carboxylic acids is 1. The molecular weight excluding hydrogens is 1720 g/mol. The molecule has 2 saturated heterocycles. The summed E-state index contributed by atoms with van der Waals surface area (Å²) in [5, 5.41) is 161. The number of unbranched alkanes of at least 4 members (excludes halogenated alkanes) is 5. The first kappa shape index (κ1) is 93.7. The van der Waals surface area contributed by atoms with E-state index in [9.17, 15) is 75.7 Å². The Morgan fingerprint density at radius 2 is 1.21 bits per heavy atom. The van der Waals surface area contributed by atoms with Gasteiger partial charge in [-0.05, 0) is 153 Å². The molecule has 21 N–H and O–H groups in total. The quantitative estimate of drug-likeness (QED) is 0.0423. The third kappa shape index (κ3) is 21.1. The topological polar surface area (TPSA) is 573 Å². The number of likely N-dealkylation sites (N-methyl/N-ethyl adjacent to an activating group) is 1. The smallest absolute Gasteiger partial charge is 0.335 e. The standard InChI is InChI=1S/C88H100Cl2N10O28/c1-38(2)13-10-8-6-7-9-11-14-61(106)94-70-73(109)75(111)78(86(120)121)128-87(70)127-77-58-31-43-32-59(77)124-55-24-19-42(29-50(55)89)71(107)69-85(119)98-67(80(114)92-25-12-26-100(4)5)48-33-44(102)34-57(125-88-76(112)74(110)72(108)60(37-101)126-88)62(48)47-28-40(17-22-52(47)103)65(82(116)99-69)95-83(117)66(43)96-84(118)68-49-35-46(36-54(105)63(49)90)123-56-30-41(18-23-53(56)104)64(91-3)81(115)93-51(79(113)97-68)27-39-15-20-45(122-58)21-16-39/h15-24,28-36,38,51,60,64-76,78,87-88,91,101-105,107-112H,6-14,25-27,37H2,1-5H3,(H,92,114)(H,93,115)(H,94,106)(H,95,117)(H,96,118)(H,97,113)(H,98,119)(H,99,116)(H,120,121)/t51?,60-,64-,65-,66-,67-,68+,69+,70-,71?,72-,73-,74+,75+,76+,78+,87?,88?/m1/s1. The first-order valence-corrected chi connectivity index (χ1v) is 42.3. The summed E-state index contributed by atoms with van der Waals surface area (Å²) in [7, 11) is 4.95. The number of carboxylic acid groups (broad SMARTS) is 1. The largest absolute Gasteiger partial charge is 0.508 e. The lowest BCUT2D eigenvalue weighted by atomic mass is 9.89. The first-order valence-electron chi connectivity index (χ1n) is 41.5. The van der Waals surface area contributed by atoms with Crippen LogP contribution in [0.4, 0.5) is 0 Å². The van der Waals surface area contributed by atoms with E-state index in [1.165, 1.54) is 49.5 Å². The number of fused-ring (bicyclic) bond motifs is 14. The highest BCUT2D eigenvalue weighted by Gasteiger charge is 2.52. The normalized spacial score (nSPS) is 25.8. The van der Waals surface area contributed by atoms with Crippen LogP contribution in [0.15, 0.2) is 115 Å². The monoisotopic (exact) mass is 1810 g/mol. The van der Waals surface area contributed by atoms with Crippen LogP contribution in [0.2, 0.25) is 10.0 Å². The lowest BCUT2D eigenvalue weighted by molar-refractivity contribution is -0.277. The third-order valence-corrected chi connectivity index (χ3v) is 23.4. The Balaban J connectivity index is 1.04. The van der Waals surface area contributed by atoms with Gasteiger partial charge in [0.15, 0.2) is 29.1 Å². The number of carbonyl (C=O) groups excluding carboxylic acids is 8. The molecule has 40 heteroatoms. The highest BCUT2D eigenvalue weighted by Crippen LogP contribution is 2.51. The summed E-state index contributed by atoms with van der Waals surface area (Å²) in [5.74, 6) is -17.5. The van der Waals surface area contributed by atoms with Crippen molar-refractivity contribution in [2.45, 2.75) is 188 Å². The van der Waals surface area contributed by atoms with Crippen LogP contribution >= 0.6 is 23.2 Å². The number of aliphatic carboxylic acids is 1. The van der Waals surface area contributed by atoms with E-state index >= 15 is 28.8 Å². The van der Waals surface area contributed by atoms with Crippen LogP contribution in [-0.2, 0) is 59.0 Å². The molecule has 0 aliphatic carbocycles. The maximum Gasteiger partial charge on any atom is 0.335 e. The minimum Gasteiger partial charge on any atom is -0.508 e. The molecule has 8 amide bonds. The van der Waals surface area contributed by atoms with Gasteiger partial charge in [0.2, 0.25) is 65.6 Å². The number of hydrogen-bond donors (Lipinski definition) is 21. The number of rotatable bonds is 22. The maximum absolute atomic E-state index is 16.8. The Bertz CT molecular complexity index is 5340. The fourth-order valence-corrected chi connectivity index (χ4v) is 16.4. The first-order chi connectivity index (χ1) is 61.1. The predicted octanol–water partition coefficient (Wildman–Crippen LogP) is 4.17. The highest BCUT2D eigenvalue weighted by molar-refractivity contribution is 6.33. The van der Waals surface area contributed by atoms with Crippen molar-refractivity contribution in [3.05, 3.63) is 164 Å². The van der Waals surface area contributed by atoms with Crippen LogP contribution in [0.3, 0.4) is 0 Å². The third-order valence-electron chi connectivity index (χ3n) is 22.7. The molecule has 38 nitrogen and oxygen atoms in total. The second-order valence-electron chi connectivity index (χ2n) is 32.7. The fraction of sp³-hybridized carbons (Fsp3) is 0.420. The average molecular weight is 1820 g/mol. The van der Waals surface area contributed by atoms with E-state index in [1.807, 2.05) is 0 Å². The summed E-state index contributed by atoms with van der Waals surface area (Å²) >= 11 is 14.3. The number of aromatic hydroxyl groups is 4. The molecule has 8 aliphatic rings. The molecule has 7 aromatic carbocycles. The Hall–Kier alpha value is -11.9. The van der Waals surface area contributed by atoms with Crippen molar-refractivity contribution in [3.63, 3.8) is 0 Å². The SMILES string of the molecule is CN[C@H]1C(=O)NC2Cc3ccc(cc3)Oc3cc4cc(c3OC3O[C@H](C(=O)O)[C@@H](O)[C@H](O)[C@H]3NC(=O)CCCCCCCCC(C)C)Oc3ccc(cc3Cl)C(O)[C@@H]3NC(=O)[C@H](NC(=O)[C@@H]4NC(=O)[C@@H](NC2=O)c2cc(cc(O)c2Cl)Oc2cc1ccc2O)c1ccc(O)c(c1)-c1c(OC2O[C@H](CO)[C@@H](O)[C@H](O)[C@@H]2O)cc(O)cc1[C@H](C(=O)NCCCN(C)C)NC3=O. The zero-order chi connectivity index (χ0) is 92.0. The summed E-state index contributed by atoms with van der Waals surface area (Å²) in [6.07, 6.45) is -15.8. The minimum absolute atomic E-state index is 0.0943. The molecule has 8 aliphatic heterocycles. The number of amides is 8. The number of nitrogens with zero attached hydrogens (tertiary/aromatic N) is 1. The zero-order valence-electron chi connectivity index (χ0n) is 69.7. The van der Waals surface area contributed by atoms with Crippen molar-refractivity contribution in [2.75, 3.05) is 40.8 Å². The molecule has 684 valence electrons. The van der Waals surface area contributed by atoms with Gasteiger partial charge in [-0.25, -0.2) is 4.79 Å². The number of ether oxygens (including phenoxy) is 7. The number of carbonyl (C=O) groups is 9. The van der Waals surface area contributed by atoms with Crippen molar-refractivity contribution in [1.82, 2.24) is 52.8 Å². The molecule has 0 radical (unpaired) electrons. The molecular formula is C88H100Cl2N10O28. The van der Waals surface area contributed by atoms with Gasteiger partial charge in [-0.3, -0.25) is 38.4 Å². The van der Waals surface area contributed by atoms with Gasteiger partial charge < -0.3 is 147 Å². The van der Waals surface area contributed by atoms with Gasteiger partial charge in [-0.15, -0.1) is 0 Å². The van der Waals surface area contributed by atoms with E-state index in [1.54, 1.807) is 19.0 Å². The molecule has 0 spiro atoms. The predicted molar refractivity (Wildman–Crippen MR) is 452 cm³/mol. The second kappa shape index (κ2) is 40.6. The van der Waals surface area contributed by atoms with Gasteiger partial charge >= 0.3 is 5.97 Å². The fourth-order valence-electron chi connectivity index (χ4n) is 15.9. The number of halogens is 2. The van der Waals surface area contributed by atoms with Crippen molar-refractivity contribution < 1.29 is 138 Å². The van der Waals surface area contributed by atoms with Crippen LogP contribution in [0.5, 0.6) is 69.0 Å². The molecule has 7 aromatic rings. The number of phenols is 4. The van der Waals surface area contributed by atoms with E-state index in [-0.39, 0.29) is 47.8 Å². The second-order valence-corrected chi connectivity index (χ2v) is 33.5. The lowest BCUT2D eigenvalue weighted by Gasteiger charge is -2.41. The van der Waals surface area contributed by atoms with Crippen LogP contribution in [0, 0.1) is 5.92 Å². The number of phenolic OH excluding ortho intramolecular Hbond substituents is 4. The Morgan fingerprint density at radius 3 is 1.91 bits per heavy atom. The molecule has 8 heterocycles. The molecule has 18 atom stereocenters. The zero-order valence-corrected chi connectivity index (χ0v) is 71.2. The number of aliphatic hydroxyl groups excluding tert-OH is 7. The van der Waals surface area contributed by atoms with Gasteiger partial charge in [-0.1, -0.05) is 106 Å². The number of nitrogens with one attached hydrogen (secondary N) is 9. The Morgan fingerprint density at radius 1 is 0.562 bits per heavy atom. The van der Waals surface area contributed by atoms with Gasteiger partial charge in [0.05, 0.1) is 16.7 Å². The number of aliphatic hydroxyl groups is 7. The van der Waals surface area contributed by atoms with Gasteiger partial charge in [0.25, 0.3) is 0 Å². The average Bonchev–Trinajstić information content (AvgIpc) is 0.755. The molecule has 0 aromatic heterocycles. The molecule has 128 heavy (non-hydrogen) atoms. The van der Waals surface area contributed by atoms with Crippen LogP contribution in [0.25, 0.3) is 11.1 Å².